The smallest absolute Gasteiger partial charge is 0.387 e. The Labute approximate surface area is 321 Å². The molecule has 3 unspecified atom stereocenters. The summed E-state index contributed by atoms with van der Waals surface area (Å²) >= 11 is 0. The van der Waals surface area contributed by atoms with Crippen LogP contribution in [0.3, 0.4) is 0 Å². The fraction of sp³-hybridized carbons (Fsp3) is 0.487. The van der Waals surface area contributed by atoms with E-state index in [-0.39, 0.29) is 25.0 Å². The van der Waals surface area contributed by atoms with Gasteiger partial charge < -0.3 is 10.1 Å². The monoisotopic (exact) mass is 805 g/mol. The van der Waals surface area contributed by atoms with E-state index in [1.165, 1.54) is 4.67 Å². The van der Waals surface area contributed by atoms with E-state index in [1.54, 1.807) is 52.1 Å². The van der Waals surface area contributed by atoms with Gasteiger partial charge in [-0.25, -0.2) is 26.9 Å². The van der Waals surface area contributed by atoms with Crippen LogP contribution in [-0.4, -0.2) is 85.7 Å². The van der Waals surface area contributed by atoms with Crippen LogP contribution < -0.4 is 0 Å². The Morgan fingerprint density at radius 1 is 0.889 bits per heavy atom. The van der Waals surface area contributed by atoms with Gasteiger partial charge in [0.1, 0.15) is 0 Å². The topological polar surface area (TPSA) is 148 Å². The molecule has 1 saturated heterocycles. The number of rotatable bonds is 19. The summed E-state index contributed by atoms with van der Waals surface area (Å²) in [5.41, 5.74) is 3.88. The molecule has 2 N–H and O–H groups in total. The molecule has 3 aromatic carbocycles. The van der Waals surface area contributed by atoms with E-state index in [2.05, 4.69) is 11.1 Å². The highest BCUT2D eigenvalue weighted by Crippen LogP contribution is 2.56. The molecule has 12 nitrogen and oxygen atoms in total. The molecule has 1 fully saturated rings. The number of benzene rings is 3. The molecule has 3 atom stereocenters. The number of likely N-dealkylation sites (N-methyl/N-ethyl adjacent to an activating group) is 1. The van der Waals surface area contributed by atoms with E-state index in [0.29, 0.717) is 31.1 Å². The number of nitrogens with zero attached hydrogens (tertiary/aromatic N) is 2. The molecule has 0 bridgehead atoms. The molecule has 0 saturated carbocycles. The number of nitrogens with one attached hydrogen (secondary N) is 1. The highest BCUT2D eigenvalue weighted by molar-refractivity contribution is 7.91. The maximum absolute atomic E-state index is 13.4. The zero-order valence-electron chi connectivity index (χ0n) is 32.3. The van der Waals surface area contributed by atoms with Gasteiger partial charge in [-0.05, 0) is 108 Å². The molecule has 4 aromatic rings. The number of aliphatic hydroxyl groups excluding tert-OH is 1. The van der Waals surface area contributed by atoms with Crippen LogP contribution in [0.15, 0.2) is 90.0 Å². The summed E-state index contributed by atoms with van der Waals surface area (Å²) in [6, 6.07) is 23.6. The number of aromatic nitrogens is 1. The van der Waals surface area contributed by atoms with Gasteiger partial charge in [-0.15, -0.1) is 0 Å². The maximum Gasteiger partial charge on any atom is 0.408 e. The minimum absolute atomic E-state index is 0.0601. The molecule has 0 radical (unpaired) electrons. The second-order valence-corrected chi connectivity index (χ2v) is 19.2. The summed E-state index contributed by atoms with van der Waals surface area (Å²) in [5, 5.41) is 11.5. The van der Waals surface area contributed by atoms with Crippen molar-refractivity contribution < 1.29 is 40.7 Å². The fourth-order valence-corrected chi connectivity index (χ4v) is 11.5. The summed E-state index contributed by atoms with van der Waals surface area (Å²) in [4.78, 5) is 3.68. The molecule has 2 heterocycles. The fourth-order valence-electron chi connectivity index (χ4n) is 6.57. The first-order valence-corrected chi connectivity index (χ1v) is 23.3. The molecular weight excluding hydrogens is 748 g/mol. The van der Waals surface area contributed by atoms with E-state index in [9.17, 15) is 22.7 Å². The Morgan fingerprint density at radius 3 is 2.07 bits per heavy atom. The lowest BCUT2D eigenvalue weighted by atomic mass is 10.0. The van der Waals surface area contributed by atoms with Crippen LogP contribution in [0.5, 0.6) is 0 Å². The van der Waals surface area contributed by atoms with Gasteiger partial charge in [-0.2, -0.15) is 0 Å². The lowest BCUT2D eigenvalue weighted by molar-refractivity contribution is 0.0810. The van der Waals surface area contributed by atoms with Crippen molar-refractivity contribution in [2.24, 2.45) is 0 Å². The minimum Gasteiger partial charge on any atom is -0.387 e. The zero-order chi connectivity index (χ0) is 39.4. The zero-order valence-corrected chi connectivity index (χ0v) is 34.9. The van der Waals surface area contributed by atoms with E-state index in [0.717, 1.165) is 46.9 Å². The highest BCUT2D eigenvalue weighted by atomic mass is 32.2. The van der Waals surface area contributed by atoms with E-state index >= 15 is 0 Å². The number of hydrogen-bond donors (Lipinski definition) is 2. The van der Waals surface area contributed by atoms with Crippen LogP contribution in [0.2, 0.25) is 0 Å². The number of hydrogen-bond acceptors (Lipinski definition) is 9. The second-order valence-electron chi connectivity index (χ2n) is 13.0. The first-order valence-electron chi connectivity index (χ1n) is 18.7. The molecule has 298 valence electrons. The predicted molar refractivity (Wildman–Crippen MR) is 214 cm³/mol. The van der Waals surface area contributed by atoms with Crippen molar-refractivity contribution in [3.05, 3.63) is 102 Å². The summed E-state index contributed by atoms with van der Waals surface area (Å²) in [6.07, 6.45) is 4.26. The average molecular weight is 806 g/mol. The van der Waals surface area contributed by atoms with Gasteiger partial charge in [0, 0.05) is 35.7 Å². The van der Waals surface area contributed by atoms with Crippen molar-refractivity contribution in [3.8, 4) is 0 Å². The van der Waals surface area contributed by atoms with Crippen molar-refractivity contribution in [1.82, 2.24) is 14.3 Å². The number of aryl methyl sites for hydroxylation is 1. The van der Waals surface area contributed by atoms with Crippen LogP contribution in [-0.2, 0) is 49.9 Å². The predicted octanol–water partition coefficient (Wildman–Crippen LogP) is 8.59. The summed E-state index contributed by atoms with van der Waals surface area (Å²) in [6.45, 7) is 10.9. The molecular formula is C39H57N3O9P2S. The number of sulfone groups is 1. The summed E-state index contributed by atoms with van der Waals surface area (Å²) < 4.78 is 76.6. The van der Waals surface area contributed by atoms with Gasteiger partial charge in [0.15, 0.2) is 9.84 Å². The molecule has 54 heavy (non-hydrogen) atoms. The van der Waals surface area contributed by atoms with Gasteiger partial charge >= 0.3 is 15.5 Å². The molecule has 1 aliphatic heterocycles. The van der Waals surface area contributed by atoms with E-state index < -0.39 is 37.5 Å². The van der Waals surface area contributed by atoms with Crippen LogP contribution in [0.4, 0.5) is 0 Å². The Kier molecular flexibility index (Phi) is 16.7. The Morgan fingerprint density at radius 2 is 1.48 bits per heavy atom. The minimum atomic E-state index is -3.37. The number of aliphatic hydroxyl groups is 1. The first-order chi connectivity index (χ1) is 25.8. The van der Waals surface area contributed by atoms with Crippen molar-refractivity contribution >= 4 is 36.2 Å². The van der Waals surface area contributed by atoms with Crippen LogP contribution >= 0.6 is 15.5 Å². The van der Waals surface area contributed by atoms with Gasteiger partial charge in [-0.3, -0.25) is 18.1 Å². The third kappa shape index (κ3) is 11.2. The molecule has 5 rings (SSSR count). The van der Waals surface area contributed by atoms with Crippen molar-refractivity contribution in [2.75, 3.05) is 45.8 Å². The number of aromatic amines is 1. The van der Waals surface area contributed by atoms with E-state index in [4.69, 9.17) is 18.1 Å². The van der Waals surface area contributed by atoms with Crippen molar-refractivity contribution in [3.63, 3.8) is 0 Å². The quantitative estimate of drug-likeness (QED) is 0.0879. The number of fused-ring (bicyclic) bond motifs is 1. The van der Waals surface area contributed by atoms with Gasteiger partial charge in [0.05, 0.1) is 43.2 Å². The third-order valence-corrected chi connectivity index (χ3v) is 15.8. The Bertz CT molecular complexity index is 1930. The molecule has 0 aliphatic carbocycles. The largest absolute Gasteiger partial charge is 0.408 e. The maximum atomic E-state index is 13.4. The molecule has 1 aromatic heterocycles. The Balaban J connectivity index is 0.000000278. The summed E-state index contributed by atoms with van der Waals surface area (Å²) in [7, 11) is -8.37. The first kappa shape index (κ1) is 44.0. The molecule has 0 spiro atoms. The molecule has 0 amide bonds. The lowest BCUT2D eigenvalue weighted by Gasteiger charge is -2.33. The van der Waals surface area contributed by atoms with Crippen LogP contribution in [0.25, 0.3) is 10.9 Å². The van der Waals surface area contributed by atoms with Crippen LogP contribution in [0, 0.1) is 0 Å². The van der Waals surface area contributed by atoms with Gasteiger partial charge in [0.2, 0.25) is 0 Å². The van der Waals surface area contributed by atoms with Crippen LogP contribution in [0.1, 0.15) is 70.3 Å². The normalized spacial score (nSPS) is 16.7. The van der Waals surface area contributed by atoms with Crippen molar-refractivity contribution in [2.45, 2.75) is 83.4 Å². The highest BCUT2D eigenvalue weighted by Gasteiger charge is 2.41. The average Bonchev–Trinajstić information content (AvgIpc) is 3.82. The second kappa shape index (κ2) is 20.5. The third-order valence-electron chi connectivity index (χ3n) is 9.45. The number of H-pyrrole nitrogens is 1. The van der Waals surface area contributed by atoms with Crippen molar-refractivity contribution in [1.29, 1.82) is 0 Å². The Hall–Kier alpha value is -2.67. The molecule has 1 aliphatic rings. The van der Waals surface area contributed by atoms with E-state index in [1.807, 2.05) is 73.2 Å². The van der Waals surface area contributed by atoms with Gasteiger partial charge in [0.25, 0.3) is 0 Å². The van der Waals surface area contributed by atoms with Gasteiger partial charge in [-0.1, -0.05) is 54.6 Å². The lowest BCUT2D eigenvalue weighted by Crippen LogP contribution is -2.33. The summed E-state index contributed by atoms with van der Waals surface area (Å²) in [5.74, 6) is 0.0601. The SMILES string of the molecule is CCOP(=O)(OCC)N(C)C(C)C(O)c1ccccc1.CCOP(=O)(OCC)N1CCCC1Cc1c[nH]c2ccc(CCS(=O)(=O)c3ccccc3)cc12. The standard InChI is InChI=1S/C25H33N2O5PS.C14H24NO4P/c1-3-31-33(28,32-4-2)27-15-8-9-22(27)18-21-19-26-25-13-12-20(17-24(21)25)14-16-34(29,30)23-10-6-5-7-11-23;1-5-18-20(17,19-6-2)15(4)12(3)14(16)13-10-8-7-9-11-13/h5-7,10-13,17,19,22,26H,3-4,8-9,14-16,18H2,1-2H3;7-12,14,16H,5-6H2,1-4H3. The molecule has 15 heteroatoms.